The van der Waals surface area contributed by atoms with Gasteiger partial charge in [0.25, 0.3) is 0 Å². The number of ether oxygens (including phenoxy) is 2. The molecule has 0 bridgehead atoms. The Balaban J connectivity index is 2.25. The van der Waals surface area contributed by atoms with Crippen LogP contribution in [0.5, 0.6) is 11.5 Å². The minimum atomic E-state index is -0.237. The van der Waals surface area contributed by atoms with Crippen LogP contribution in [0.25, 0.3) is 12.2 Å². The highest BCUT2D eigenvalue weighted by Gasteiger charge is 2.01. The van der Waals surface area contributed by atoms with Gasteiger partial charge in [-0.15, -0.1) is 0 Å². The second kappa shape index (κ2) is 6.05. The topological polar surface area (TPSA) is 18.5 Å². The first-order valence-corrected chi connectivity index (χ1v) is 5.88. The average molecular weight is 258 g/mol. The van der Waals surface area contributed by atoms with Crippen molar-refractivity contribution < 1.29 is 13.9 Å². The maximum Gasteiger partial charge on any atom is 0.129 e. The zero-order valence-electron chi connectivity index (χ0n) is 10.9. The molecule has 0 radical (unpaired) electrons. The van der Waals surface area contributed by atoms with Crippen molar-refractivity contribution in [3.63, 3.8) is 0 Å². The Hall–Kier alpha value is -2.29. The molecule has 0 N–H and O–H groups in total. The summed E-state index contributed by atoms with van der Waals surface area (Å²) in [6.07, 6.45) is 3.83. The minimum Gasteiger partial charge on any atom is -0.497 e. The van der Waals surface area contributed by atoms with Gasteiger partial charge >= 0.3 is 0 Å². The number of hydrogen-bond donors (Lipinski definition) is 0. The maximum atomic E-state index is 12.8. The smallest absolute Gasteiger partial charge is 0.129 e. The molecule has 0 spiro atoms. The molecule has 19 heavy (non-hydrogen) atoms. The number of halogens is 1. The summed E-state index contributed by atoms with van der Waals surface area (Å²) in [6.45, 7) is 0. The van der Waals surface area contributed by atoms with Gasteiger partial charge in [-0.25, -0.2) is 4.39 Å². The number of benzene rings is 2. The molecule has 0 heterocycles. The van der Waals surface area contributed by atoms with E-state index >= 15 is 0 Å². The third-order valence-corrected chi connectivity index (χ3v) is 2.77. The van der Waals surface area contributed by atoms with E-state index in [9.17, 15) is 4.39 Å². The summed E-state index contributed by atoms with van der Waals surface area (Å²) < 4.78 is 23.2. The van der Waals surface area contributed by atoms with Crippen molar-refractivity contribution in [2.75, 3.05) is 14.2 Å². The molecule has 0 saturated carbocycles. The standard InChI is InChI=1S/C16H15FO2/c1-18-15-10-7-13(16(11-15)19-2)6-3-12-4-8-14(17)9-5-12/h3-11H,1-2H3/b6-3+. The molecule has 0 atom stereocenters. The highest BCUT2D eigenvalue weighted by Crippen LogP contribution is 2.26. The van der Waals surface area contributed by atoms with Crippen LogP contribution in [-0.4, -0.2) is 14.2 Å². The maximum absolute atomic E-state index is 12.8. The van der Waals surface area contributed by atoms with Gasteiger partial charge in [-0.1, -0.05) is 24.3 Å². The van der Waals surface area contributed by atoms with Crippen molar-refractivity contribution in [2.45, 2.75) is 0 Å². The van der Waals surface area contributed by atoms with Crippen molar-refractivity contribution in [3.8, 4) is 11.5 Å². The first-order chi connectivity index (χ1) is 9.22. The van der Waals surface area contributed by atoms with Crippen molar-refractivity contribution >= 4 is 12.2 Å². The molecule has 98 valence electrons. The summed E-state index contributed by atoms with van der Waals surface area (Å²) in [5.41, 5.74) is 1.87. The Morgan fingerprint density at radius 3 is 2.26 bits per heavy atom. The molecule has 0 unspecified atom stereocenters. The molecule has 0 saturated heterocycles. The third-order valence-electron chi connectivity index (χ3n) is 2.77. The number of rotatable bonds is 4. The predicted molar refractivity (Wildman–Crippen MR) is 74.9 cm³/mol. The summed E-state index contributed by atoms with van der Waals surface area (Å²) in [7, 11) is 3.23. The molecule has 2 rings (SSSR count). The van der Waals surface area contributed by atoms with Gasteiger partial charge in [-0.05, 0) is 29.8 Å². The van der Waals surface area contributed by atoms with Crippen LogP contribution in [0.15, 0.2) is 42.5 Å². The summed E-state index contributed by atoms with van der Waals surface area (Å²) in [6, 6.07) is 11.9. The van der Waals surface area contributed by atoms with Gasteiger partial charge in [-0.3, -0.25) is 0 Å². The zero-order valence-corrected chi connectivity index (χ0v) is 10.9. The number of hydrogen-bond acceptors (Lipinski definition) is 2. The van der Waals surface area contributed by atoms with E-state index in [1.165, 1.54) is 12.1 Å². The van der Waals surface area contributed by atoms with E-state index in [0.717, 1.165) is 22.6 Å². The third kappa shape index (κ3) is 3.35. The second-order valence-corrected chi connectivity index (χ2v) is 3.99. The molecule has 0 amide bonds. The van der Waals surface area contributed by atoms with Gasteiger partial charge in [0.2, 0.25) is 0 Å². The van der Waals surface area contributed by atoms with Gasteiger partial charge < -0.3 is 9.47 Å². The van der Waals surface area contributed by atoms with E-state index in [-0.39, 0.29) is 5.82 Å². The monoisotopic (exact) mass is 258 g/mol. The molecule has 0 aliphatic carbocycles. The lowest BCUT2D eigenvalue weighted by atomic mass is 10.1. The fourth-order valence-electron chi connectivity index (χ4n) is 1.72. The van der Waals surface area contributed by atoms with Gasteiger partial charge in [0, 0.05) is 11.6 Å². The van der Waals surface area contributed by atoms with Crippen LogP contribution >= 0.6 is 0 Å². The number of methoxy groups -OCH3 is 2. The summed E-state index contributed by atoms with van der Waals surface area (Å²) >= 11 is 0. The molecule has 2 nitrogen and oxygen atoms in total. The van der Waals surface area contributed by atoms with Crippen LogP contribution in [0, 0.1) is 5.82 Å². The molecule has 2 aromatic carbocycles. The largest absolute Gasteiger partial charge is 0.497 e. The van der Waals surface area contributed by atoms with Crippen LogP contribution < -0.4 is 9.47 Å². The Morgan fingerprint density at radius 2 is 1.63 bits per heavy atom. The van der Waals surface area contributed by atoms with Crippen molar-refractivity contribution in [2.24, 2.45) is 0 Å². The summed E-state index contributed by atoms with van der Waals surface area (Å²) in [5, 5.41) is 0. The Morgan fingerprint density at radius 1 is 0.895 bits per heavy atom. The van der Waals surface area contributed by atoms with Crippen LogP contribution in [0.3, 0.4) is 0 Å². The van der Waals surface area contributed by atoms with Gasteiger partial charge in [0.05, 0.1) is 14.2 Å². The van der Waals surface area contributed by atoms with Crippen molar-refractivity contribution in [1.29, 1.82) is 0 Å². The van der Waals surface area contributed by atoms with E-state index in [1.807, 2.05) is 30.4 Å². The first kappa shape index (κ1) is 13.1. The van der Waals surface area contributed by atoms with Gasteiger partial charge in [0.15, 0.2) is 0 Å². The van der Waals surface area contributed by atoms with Crippen LogP contribution in [-0.2, 0) is 0 Å². The van der Waals surface area contributed by atoms with E-state index in [1.54, 1.807) is 26.4 Å². The van der Waals surface area contributed by atoms with Crippen LogP contribution in [0.1, 0.15) is 11.1 Å². The predicted octanol–water partition coefficient (Wildman–Crippen LogP) is 4.01. The molecule has 3 heteroatoms. The Kier molecular flexibility index (Phi) is 4.18. The van der Waals surface area contributed by atoms with E-state index in [0.29, 0.717) is 0 Å². The molecular formula is C16H15FO2. The average Bonchev–Trinajstić information content (AvgIpc) is 2.46. The SMILES string of the molecule is COc1ccc(/C=C/c2ccc(F)cc2)c(OC)c1. The van der Waals surface area contributed by atoms with E-state index in [2.05, 4.69) is 0 Å². The molecule has 0 aliphatic heterocycles. The van der Waals surface area contributed by atoms with Crippen molar-refractivity contribution in [1.82, 2.24) is 0 Å². The lowest BCUT2D eigenvalue weighted by Crippen LogP contribution is -1.89. The summed E-state index contributed by atoms with van der Waals surface area (Å²) in [5.74, 6) is 1.24. The van der Waals surface area contributed by atoms with E-state index in [4.69, 9.17) is 9.47 Å². The lowest BCUT2D eigenvalue weighted by Gasteiger charge is -2.07. The van der Waals surface area contributed by atoms with Crippen molar-refractivity contribution in [3.05, 3.63) is 59.4 Å². The van der Waals surface area contributed by atoms with Crippen LogP contribution in [0.2, 0.25) is 0 Å². The molecule has 0 aliphatic rings. The molecule has 0 fully saturated rings. The lowest BCUT2D eigenvalue weighted by molar-refractivity contribution is 0.394. The van der Waals surface area contributed by atoms with Gasteiger partial charge in [0.1, 0.15) is 17.3 Å². The molecular weight excluding hydrogens is 243 g/mol. The minimum absolute atomic E-state index is 0.237. The van der Waals surface area contributed by atoms with E-state index < -0.39 is 0 Å². The quantitative estimate of drug-likeness (QED) is 0.771. The fraction of sp³-hybridized carbons (Fsp3) is 0.125. The second-order valence-electron chi connectivity index (χ2n) is 3.99. The fourth-order valence-corrected chi connectivity index (χ4v) is 1.72. The normalized spacial score (nSPS) is 10.7. The Bertz CT molecular complexity index is 574. The highest BCUT2D eigenvalue weighted by atomic mass is 19.1. The molecule has 0 aromatic heterocycles. The summed E-state index contributed by atoms with van der Waals surface area (Å²) in [4.78, 5) is 0. The first-order valence-electron chi connectivity index (χ1n) is 5.88. The zero-order chi connectivity index (χ0) is 13.7. The highest BCUT2D eigenvalue weighted by molar-refractivity contribution is 5.73. The Labute approximate surface area is 112 Å². The van der Waals surface area contributed by atoms with Gasteiger partial charge in [-0.2, -0.15) is 0 Å². The molecule has 2 aromatic rings. The van der Waals surface area contributed by atoms with Crippen LogP contribution in [0.4, 0.5) is 4.39 Å².